The molecular weight excluding hydrogens is 294 g/mol. The number of nitrogens with one attached hydrogen (secondary N) is 2. The number of rotatable bonds is 7. The second kappa shape index (κ2) is 8.46. The summed E-state index contributed by atoms with van der Waals surface area (Å²) >= 11 is 4.15. The summed E-state index contributed by atoms with van der Waals surface area (Å²) in [6.45, 7) is 1.14. The molecule has 4 N–H and O–H groups in total. The van der Waals surface area contributed by atoms with E-state index in [-0.39, 0.29) is 11.9 Å². The minimum Gasteiger partial charge on any atom is -0.383 e. The standard InChI is InChI=1S/C17H21N3OS/c18-15(12-22)11-19-16-8-4-7-14(9-16)17(21)20-10-13-5-2-1-3-6-13/h1-9,15,19,22H,10-12,18H2,(H,20,21). The van der Waals surface area contributed by atoms with Gasteiger partial charge in [-0.3, -0.25) is 4.79 Å². The normalized spacial score (nSPS) is 11.7. The first-order chi connectivity index (χ1) is 10.7. The maximum atomic E-state index is 12.2. The number of anilines is 1. The van der Waals surface area contributed by atoms with Gasteiger partial charge >= 0.3 is 0 Å². The number of carbonyl (C=O) groups is 1. The molecule has 1 amide bonds. The highest BCUT2D eigenvalue weighted by molar-refractivity contribution is 7.80. The number of hydrogen-bond acceptors (Lipinski definition) is 4. The van der Waals surface area contributed by atoms with E-state index in [1.165, 1.54) is 0 Å². The van der Waals surface area contributed by atoms with Gasteiger partial charge in [0.15, 0.2) is 0 Å². The van der Waals surface area contributed by atoms with Crippen LogP contribution in [0.5, 0.6) is 0 Å². The summed E-state index contributed by atoms with van der Waals surface area (Å²) in [6, 6.07) is 17.2. The van der Waals surface area contributed by atoms with Crippen LogP contribution < -0.4 is 16.4 Å². The first kappa shape index (κ1) is 16.4. The van der Waals surface area contributed by atoms with Gasteiger partial charge < -0.3 is 16.4 Å². The first-order valence-electron chi connectivity index (χ1n) is 7.21. The SMILES string of the molecule is NC(CS)CNc1cccc(C(=O)NCc2ccccc2)c1. The van der Waals surface area contributed by atoms with Crippen molar-refractivity contribution in [3.63, 3.8) is 0 Å². The van der Waals surface area contributed by atoms with E-state index in [2.05, 4.69) is 23.3 Å². The molecule has 0 bridgehead atoms. The molecule has 0 spiro atoms. The van der Waals surface area contributed by atoms with Crippen molar-refractivity contribution in [2.75, 3.05) is 17.6 Å². The zero-order valence-electron chi connectivity index (χ0n) is 12.3. The lowest BCUT2D eigenvalue weighted by atomic mass is 10.1. The molecule has 0 aliphatic carbocycles. The van der Waals surface area contributed by atoms with Crippen LogP contribution in [0.3, 0.4) is 0 Å². The molecule has 116 valence electrons. The van der Waals surface area contributed by atoms with E-state index in [9.17, 15) is 4.79 Å². The fourth-order valence-electron chi connectivity index (χ4n) is 1.96. The van der Waals surface area contributed by atoms with E-state index < -0.39 is 0 Å². The Kier molecular flexibility index (Phi) is 6.30. The summed E-state index contributed by atoms with van der Waals surface area (Å²) in [5.74, 6) is 0.524. The molecule has 0 aromatic heterocycles. The molecule has 0 saturated carbocycles. The zero-order valence-corrected chi connectivity index (χ0v) is 13.2. The molecule has 2 aromatic carbocycles. The monoisotopic (exact) mass is 315 g/mol. The van der Waals surface area contributed by atoms with Gasteiger partial charge in [0.1, 0.15) is 0 Å². The third-order valence-corrected chi connectivity index (χ3v) is 3.69. The van der Waals surface area contributed by atoms with Crippen molar-refractivity contribution < 1.29 is 4.79 Å². The molecule has 1 unspecified atom stereocenters. The minimum atomic E-state index is -0.0917. The van der Waals surface area contributed by atoms with Crippen molar-refractivity contribution in [2.45, 2.75) is 12.6 Å². The van der Waals surface area contributed by atoms with Gasteiger partial charge in [0.2, 0.25) is 0 Å². The van der Waals surface area contributed by atoms with Gasteiger partial charge in [-0.1, -0.05) is 36.4 Å². The summed E-state index contributed by atoms with van der Waals surface area (Å²) < 4.78 is 0. The molecule has 0 saturated heterocycles. The number of carbonyl (C=O) groups excluding carboxylic acids is 1. The van der Waals surface area contributed by atoms with Crippen LogP contribution in [-0.4, -0.2) is 24.2 Å². The van der Waals surface area contributed by atoms with Gasteiger partial charge in [-0.2, -0.15) is 12.6 Å². The summed E-state index contributed by atoms with van der Waals surface area (Å²) in [5.41, 5.74) is 8.39. The lowest BCUT2D eigenvalue weighted by molar-refractivity contribution is 0.0951. The van der Waals surface area contributed by atoms with Crippen molar-refractivity contribution in [2.24, 2.45) is 5.73 Å². The van der Waals surface area contributed by atoms with Gasteiger partial charge in [-0.15, -0.1) is 0 Å². The van der Waals surface area contributed by atoms with Crippen LogP contribution in [0.4, 0.5) is 5.69 Å². The Bertz CT molecular complexity index is 604. The highest BCUT2D eigenvalue weighted by atomic mass is 32.1. The summed E-state index contributed by atoms with van der Waals surface area (Å²) in [7, 11) is 0. The fourth-order valence-corrected chi connectivity index (χ4v) is 2.09. The van der Waals surface area contributed by atoms with E-state index in [0.29, 0.717) is 24.4 Å². The lowest BCUT2D eigenvalue weighted by Gasteiger charge is -2.12. The Morgan fingerprint density at radius 2 is 1.91 bits per heavy atom. The molecule has 0 aliphatic heterocycles. The van der Waals surface area contributed by atoms with Crippen LogP contribution in [-0.2, 0) is 6.54 Å². The molecule has 2 rings (SSSR count). The maximum Gasteiger partial charge on any atom is 0.251 e. The van der Waals surface area contributed by atoms with Crippen molar-refractivity contribution in [1.82, 2.24) is 5.32 Å². The average molecular weight is 315 g/mol. The average Bonchev–Trinajstić information content (AvgIpc) is 2.58. The Morgan fingerprint density at radius 1 is 1.14 bits per heavy atom. The van der Waals surface area contributed by atoms with Gasteiger partial charge in [0, 0.05) is 36.1 Å². The second-order valence-corrected chi connectivity index (χ2v) is 5.44. The van der Waals surface area contributed by atoms with Crippen LogP contribution in [0.15, 0.2) is 54.6 Å². The van der Waals surface area contributed by atoms with Gasteiger partial charge in [0.25, 0.3) is 5.91 Å². The molecule has 0 heterocycles. The smallest absolute Gasteiger partial charge is 0.251 e. The fraction of sp³-hybridized carbons (Fsp3) is 0.235. The molecule has 0 radical (unpaired) electrons. The highest BCUT2D eigenvalue weighted by Crippen LogP contribution is 2.11. The highest BCUT2D eigenvalue weighted by Gasteiger charge is 2.06. The van der Waals surface area contributed by atoms with Gasteiger partial charge in [-0.05, 0) is 23.8 Å². The number of nitrogens with two attached hydrogens (primary N) is 1. The molecule has 0 aliphatic rings. The first-order valence-corrected chi connectivity index (χ1v) is 7.85. The topological polar surface area (TPSA) is 67.1 Å². The van der Waals surface area contributed by atoms with Crippen LogP contribution in [0.1, 0.15) is 15.9 Å². The van der Waals surface area contributed by atoms with E-state index in [0.717, 1.165) is 11.3 Å². The number of hydrogen-bond donors (Lipinski definition) is 4. The Hall–Kier alpha value is -1.98. The van der Waals surface area contributed by atoms with Crippen LogP contribution in [0.25, 0.3) is 0 Å². The Balaban J connectivity index is 1.92. The zero-order chi connectivity index (χ0) is 15.8. The lowest BCUT2D eigenvalue weighted by Crippen LogP contribution is -2.30. The van der Waals surface area contributed by atoms with Crippen molar-refractivity contribution in [3.05, 3.63) is 65.7 Å². The summed E-state index contributed by atoms with van der Waals surface area (Å²) in [6.07, 6.45) is 0. The van der Waals surface area contributed by atoms with E-state index in [1.54, 1.807) is 6.07 Å². The van der Waals surface area contributed by atoms with Crippen LogP contribution in [0, 0.1) is 0 Å². The predicted octanol–water partition coefficient (Wildman–Crippen LogP) is 2.29. The summed E-state index contributed by atoms with van der Waals surface area (Å²) in [5, 5.41) is 6.13. The Labute approximate surface area is 136 Å². The summed E-state index contributed by atoms with van der Waals surface area (Å²) in [4.78, 5) is 12.2. The number of amides is 1. The molecule has 2 aromatic rings. The molecule has 0 fully saturated rings. The van der Waals surface area contributed by atoms with Crippen LogP contribution in [0.2, 0.25) is 0 Å². The molecule has 4 nitrogen and oxygen atoms in total. The number of benzene rings is 2. The quantitative estimate of drug-likeness (QED) is 0.593. The maximum absolute atomic E-state index is 12.2. The molecule has 5 heteroatoms. The van der Waals surface area contributed by atoms with Gasteiger partial charge in [-0.25, -0.2) is 0 Å². The van der Waals surface area contributed by atoms with Crippen LogP contribution >= 0.6 is 12.6 Å². The Morgan fingerprint density at radius 3 is 2.64 bits per heavy atom. The van der Waals surface area contributed by atoms with E-state index in [1.807, 2.05) is 48.5 Å². The van der Waals surface area contributed by atoms with E-state index >= 15 is 0 Å². The molecular formula is C17H21N3OS. The van der Waals surface area contributed by atoms with Gasteiger partial charge in [0.05, 0.1) is 0 Å². The van der Waals surface area contributed by atoms with Crippen molar-refractivity contribution >= 4 is 24.2 Å². The molecule has 1 atom stereocenters. The molecule has 22 heavy (non-hydrogen) atoms. The third kappa shape index (κ3) is 5.09. The second-order valence-electron chi connectivity index (χ2n) is 5.07. The van der Waals surface area contributed by atoms with E-state index in [4.69, 9.17) is 5.73 Å². The van der Waals surface area contributed by atoms with Crippen molar-refractivity contribution in [1.29, 1.82) is 0 Å². The predicted molar refractivity (Wildman–Crippen MR) is 94.4 cm³/mol. The largest absolute Gasteiger partial charge is 0.383 e. The minimum absolute atomic E-state index is 0.0149. The number of thiol groups is 1. The third-order valence-electron chi connectivity index (χ3n) is 3.22. The van der Waals surface area contributed by atoms with Crippen molar-refractivity contribution in [3.8, 4) is 0 Å².